The molecule has 0 saturated carbocycles. The quantitative estimate of drug-likeness (QED) is 0.169. The third-order valence-electron chi connectivity index (χ3n) is 4.65. The molecule has 0 atom stereocenters. The molecular formula is C26H25N3O6. The minimum Gasteiger partial charge on any atom is -0.494 e. The Morgan fingerprint density at radius 3 is 2.40 bits per heavy atom. The van der Waals surface area contributed by atoms with Crippen LogP contribution < -0.4 is 25.0 Å². The fourth-order valence-corrected chi connectivity index (χ4v) is 2.99. The largest absolute Gasteiger partial charge is 0.494 e. The number of hydrogen-bond acceptors (Lipinski definition) is 7. The molecule has 0 aliphatic rings. The molecule has 0 unspecified atom stereocenters. The first-order chi connectivity index (χ1) is 16.9. The highest BCUT2D eigenvalue weighted by Crippen LogP contribution is 2.28. The molecule has 0 fully saturated rings. The maximum Gasteiger partial charge on any atom is 0.343 e. The number of nitrogens with zero attached hydrogens (tertiary/aromatic N) is 1. The van der Waals surface area contributed by atoms with E-state index in [1.807, 2.05) is 19.9 Å². The Kier molecular flexibility index (Phi) is 8.55. The number of amides is 2. The molecule has 9 heteroatoms. The van der Waals surface area contributed by atoms with E-state index in [9.17, 15) is 14.4 Å². The molecule has 0 radical (unpaired) electrons. The smallest absolute Gasteiger partial charge is 0.343 e. The molecule has 35 heavy (non-hydrogen) atoms. The molecule has 0 bridgehead atoms. The second-order valence-corrected chi connectivity index (χ2v) is 7.28. The molecule has 0 heterocycles. The lowest BCUT2D eigenvalue weighted by molar-refractivity contribution is -0.136. The van der Waals surface area contributed by atoms with Crippen LogP contribution in [0.5, 0.6) is 17.2 Å². The number of hydrazone groups is 1. The number of rotatable bonds is 8. The molecule has 0 aliphatic carbocycles. The second kappa shape index (κ2) is 12.0. The maximum atomic E-state index is 12.5. The van der Waals surface area contributed by atoms with Crippen LogP contribution >= 0.6 is 0 Å². The van der Waals surface area contributed by atoms with Gasteiger partial charge in [-0.05, 0) is 79.6 Å². The number of ether oxygens (including phenoxy) is 3. The van der Waals surface area contributed by atoms with Crippen molar-refractivity contribution in [1.82, 2.24) is 5.43 Å². The Labute approximate surface area is 202 Å². The summed E-state index contributed by atoms with van der Waals surface area (Å²) in [5, 5.41) is 6.30. The van der Waals surface area contributed by atoms with Gasteiger partial charge in [0.2, 0.25) is 0 Å². The number of carbonyl (C=O) groups is 3. The molecule has 0 spiro atoms. The summed E-state index contributed by atoms with van der Waals surface area (Å²) in [7, 11) is 1.43. The van der Waals surface area contributed by atoms with Crippen molar-refractivity contribution in [2.75, 3.05) is 19.0 Å². The van der Waals surface area contributed by atoms with Crippen molar-refractivity contribution >= 4 is 29.7 Å². The topological polar surface area (TPSA) is 115 Å². The van der Waals surface area contributed by atoms with E-state index >= 15 is 0 Å². The number of hydrogen-bond donors (Lipinski definition) is 2. The monoisotopic (exact) mass is 475 g/mol. The molecule has 2 N–H and O–H groups in total. The lowest BCUT2D eigenvalue weighted by Gasteiger charge is -2.10. The molecular weight excluding hydrogens is 450 g/mol. The molecule has 3 aromatic carbocycles. The van der Waals surface area contributed by atoms with Gasteiger partial charge in [-0.3, -0.25) is 9.59 Å². The van der Waals surface area contributed by atoms with Gasteiger partial charge in [-0.25, -0.2) is 10.2 Å². The third-order valence-corrected chi connectivity index (χ3v) is 4.65. The fourth-order valence-electron chi connectivity index (χ4n) is 2.99. The summed E-state index contributed by atoms with van der Waals surface area (Å²) in [6, 6.07) is 18.4. The van der Waals surface area contributed by atoms with Crippen molar-refractivity contribution in [3.8, 4) is 17.2 Å². The lowest BCUT2D eigenvalue weighted by atomic mass is 10.2. The van der Waals surface area contributed by atoms with E-state index in [-0.39, 0.29) is 11.5 Å². The van der Waals surface area contributed by atoms with Gasteiger partial charge >= 0.3 is 17.8 Å². The number of benzene rings is 3. The Hall–Kier alpha value is -4.66. The van der Waals surface area contributed by atoms with Crippen LogP contribution in [-0.2, 0) is 9.59 Å². The van der Waals surface area contributed by atoms with Gasteiger partial charge in [0.25, 0.3) is 0 Å². The van der Waals surface area contributed by atoms with Gasteiger partial charge in [0.05, 0.1) is 25.5 Å². The summed E-state index contributed by atoms with van der Waals surface area (Å²) in [5.41, 5.74) is 4.52. The summed E-state index contributed by atoms with van der Waals surface area (Å²) in [5.74, 6) is -1.16. The van der Waals surface area contributed by atoms with Crippen molar-refractivity contribution in [1.29, 1.82) is 0 Å². The zero-order chi connectivity index (χ0) is 25.2. The van der Waals surface area contributed by atoms with Crippen LogP contribution in [0.25, 0.3) is 0 Å². The van der Waals surface area contributed by atoms with Gasteiger partial charge in [-0.15, -0.1) is 0 Å². The molecule has 3 rings (SSSR count). The van der Waals surface area contributed by atoms with Crippen LogP contribution in [0.2, 0.25) is 0 Å². The van der Waals surface area contributed by atoms with Gasteiger partial charge < -0.3 is 19.5 Å². The number of anilines is 1. The van der Waals surface area contributed by atoms with Crippen LogP contribution in [0.4, 0.5) is 5.69 Å². The molecule has 0 aliphatic heterocycles. The predicted molar refractivity (Wildman–Crippen MR) is 131 cm³/mol. The third kappa shape index (κ3) is 7.16. The van der Waals surface area contributed by atoms with E-state index in [1.165, 1.54) is 13.3 Å². The predicted octanol–water partition coefficient (Wildman–Crippen LogP) is 3.71. The zero-order valence-electron chi connectivity index (χ0n) is 19.5. The first-order valence-electron chi connectivity index (χ1n) is 10.7. The number of nitrogens with one attached hydrogen (secondary N) is 2. The minimum absolute atomic E-state index is 0.213. The van der Waals surface area contributed by atoms with Crippen LogP contribution in [0.3, 0.4) is 0 Å². The van der Waals surface area contributed by atoms with E-state index in [0.29, 0.717) is 29.2 Å². The summed E-state index contributed by atoms with van der Waals surface area (Å²) < 4.78 is 16.1. The molecule has 3 aromatic rings. The Bertz CT molecular complexity index is 1240. The Balaban J connectivity index is 1.59. The summed E-state index contributed by atoms with van der Waals surface area (Å²) in [4.78, 5) is 36.5. The van der Waals surface area contributed by atoms with Crippen LogP contribution in [0.1, 0.15) is 28.4 Å². The van der Waals surface area contributed by atoms with Gasteiger partial charge in [-0.2, -0.15) is 5.10 Å². The number of carbonyl (C=O) groups excluding carboxylic acids is 3. The first kappa shape index (κ1) is 25.0. The number of methoxy groups -OCH3 is 1. The average molecular weight is 476 g/mol. The highest BCUT2D eigenvalue weighted by molar-refractivity contribution is 6.39. The van der Waals surface area contributed by atoms with E-state index in [1.54, 1.807) is 60.7 Å². The van der Waals surface area contributed by atoms with Gasteiger partial charge in [0.1, 0.15) is 5.75 Å². The SMILES string of the molecule is CCOc1ccc(C(=O)Oc2ccc(/C=N/NC(=O)C(=O)Nc3cccc(C)c3)cc2OC)cc1. The van der Waals surface area contributed by atoms with Crippen LogP contribution in [-0.4, -0.2) is 37.7 Å². The molecule has 0 saturated heterocycles. The highest BCUT2D eigenvalue weighted by Gasteiger charge is 2.14. The first-order valence-corrected chi connectivity index (χ1v) is 10.7. The van der Waals surface area contributed by atoms with Crippen molar-refractivity contribution in [3.05, 3.63) is 83.4 Å². The maximum absolute atomic E-state index is 12.5. The number of aryl methyl sites for hydroxylation is 1. The summed E-state index contributed by atoms with van der Waals surface area (Å²) in [6.45, 7) is 4.28. The molecule has 9 nitrogen and oxygen atoms in total. The number of esters is 1. The van der Waals surface area contributed by atoms with E-state index < -0.39 is 17.8 Å². The fraction of sp³-hybridized carbons (Fsp3) is 0.154. The molecule has 180 valence electrons. The van der Waals surface area contributed by atoms with Crippen LogP contribution in [0, 0.1) is 6.92 Å². The summed E-state index contributed by atoms with van der Waals surface area (Å²) >= 11 is 0. The van der Waals surface area contributed by atoms with Crippen molar-refractivity contribution in [2.45, 2.75) is 13.8 Å². The Morgan fingerprint density at radius 1 is 0.943 bits per heavy atom. The van der Waals surface area contributed by atoms with E-state index in [2.05, 4.69) is 15.8 Å². The minimum atomic E-state index is -0.921. The second-order valence-electron chi connectivity index (χ2n) is 7.28. The lowest BCUT2D eigenvalue weighted by Crippen LogP contribution is -2.32. The van der Waals surface area contributed by atoms with Crippen molar-refractivity contribution in [3.63, 3.8) is 0 Å². The standard InChI is InChI=1S/C26H25N3O6/c1-4-34-21-11-9-19(10-12-21)26(32)35-22-13-8-18(15-23(22)33-3)16-27-29-25(31)24(30)28-20-7-5-6-17(2)14-20/h5-16H,4H2,1-3H3,(H,28,30)(H,29,31)/b27-16+. The van der Waals surface area contributed by atoms with E-state index in [0.717, 1.165) is 5.56 Å². The van der Waals surface area contributed by atoms with E-state index in [4.69, 9.17) is 14.2 Å². The van der Waals surface area contributed by atoms with Gasteiger partial charge in [-0.1, -0.05) is 12.1 Å². The molecule has 2 amide bonds. The van der Waals surface area contributed by atoms with Crippen LogP contribution in [0.15, 0.2) is 71.8 Å². The molecule has 0 aromatic heterocycles. The van der Waals surface area contributed by atoms with Crippen molar-refractivity contribution < 1.29 is 28.6 Å². The normalized spacial score (nSPS) is 10.5. The average Bonchev–Trinajstić information content (AvgIpc) is 2.85. The van der Waals surface area contributed by atoms with Gasteiger partial charge in [0, 0.05) is 5.69 Å². The highest BCUT2D eigenvalue weighted by atomic mass is 16.6. The van der Waals surface area contributed by atoms with Crippen molar-refractivity contribution in [2.24, 2.45) is 5.10 Å². The van der Waals surface area contributed by atoms with Gasteiger partial charge in [0.15, 0.2) is 11.5 Å². The summed E-state index contributed by atoms with van der Waals surface area (Å²) in [6.07, 6.45) is 1.33. The zero-order valence-corrected chi connectivity index (χ0v) is 19.5. The Morgan fingerprint density at radius 2 is 1.71 bits per heavy atom.